The lowest BCUT2D eigenvalue weighted by Crippen LogP contribution is -2.28. The normalized spacial score (nSPS) is 12.1. The van der Waals surface area contributed by atoms with Gasteiger partial charge in [0.2, 0.25) is 5.91 Å². The van der Waals surface area contributed by atoms with Crippen LogP contribution in [0.3, 0.4) is 0 Å². The van der Waals surface area contributed by atoms with Crippen molar-refractivity contribution in [2.75, 3.05) is 7.05 Å². The molecule has 3 aromatic rings. The van der Waals surface area contributed by atoms with Crippen LogP contribution in [0.25, 0.3) is 11.3 Å². The van der Waals surface area contributed by atoms with Crippen LogP contribution in [0, 0.1) is 6.92 Å². The number of carbonyl (C=O) groups excluding carboxylic acids is 1. The minimum absolute atomic E-state index is 0.0439. The molecule has 0 aliphatic rings. The number of aromatic nitrogens is 4. The van der Waals surface area contributed by atoms with Crippen LogP contribution in [0.5, 0.6) is 0 Å². The van der Waals surface area contributed by atoms with E-state index < -0.39 is 0 Å². The molecule has 0 bridgehead atoms. The Hall–Kier alpha value is -2.96. The van der Waals surface area contributed by atoms with E-state index in [0.29, 0.717) is 18.7 Å². The molecule has 3 rings (SSSR count). The fraction of sp³-hybridized carbons (Fsp3) is 0.333. The standard InChI is InChI=1S/C18H21N5O2/c1-13(23-9-8-20-14(23)2)10-18(24)22(3)12-16-11-17(21-25-16)15-4-6-19-7-5-15/h4-9,11,13H,10,12H2,1-3H3/t13-/m0/s1. The molecule has 0 radical (unpaired) electrons. The summed E-state index contributed by atoms with van der Waals surface area (Å²) in [5.41, 5.74) is 1.67. The van der Waals surface area contributed by atoms with E-state index in [4.69, 9.17) is 4.52 Å². The summed E-state index contributed by atoms with van der Waals surface area (Å²) in [6.45, 7) is 4.32. The van der Waals surface area contributed by atoms with Crippen LogP contribution in [0.15, 0.2) is 47.5 Å². The zero-order valence-corrected chi connectivity index (χ0v) is 14.6. The van der Waals surface area contributed by atoms with Gasteiger partial charge in [0.05, 0.1) is 6.54 Å². The second-order valence-electron chi connectivity index (χ2n) is 6.10. The Kier molecular flexibility index (Phi) is 4.92. The van der Waals surface area contributed by atoms with Crippen molar-refractivity contribution >= 4 is 5.91 Å². The minimum atomic E-state index is 0.0439. The van der Waals surface area contributed by atoms with E-state index in [1.54, 1.807) is 30.5 Å². The van der Waals surface area contributed by atoms with Crippen molar-refractivity contribution in [3.05, 3.63) is 54.6 Å². The zero-order valence-electron chi connectivity index (χ0n) is 14.6. The topological polar surface area (TPSA) is 77.1 Å². The third kappa shape index (κ3) is 3.93. The van der Waals surface area contributed by atoms with Crippen LogP contribution >= 0.6 is 0 Å². The molecular weight excluding hydrogens is 318 g/mol. The van der Waals surface area contributed by atoms with Gasteiger partial charge >= 0.3 is 0 Å². The van der Waals surface area contributed by atoms with E-state index in [1.165, 1.54) is 0 Å². The minimum Gasteiger partial charge on any atom is -0.359 e. The van der Waals surface area contributed by atoms with Crippen LogP contribution in [0.1, 0.15) is 31.0 Å². The third-order valence-electron chi connectivity index (χ3n) is 4.16. The summed E-state index contributed by atoms with van der Waals surface area (Å²) in [6, 6.07) is 5.64. The van der Waals surface area contributed by atoms with Crippen LogP contribution in [0.4, 0.5) is 0 Å². The van der Waals surface area contributed by atoms with E-state index in [0.717, 1.165) is 17.1 Å². The van der Waals surface area contributed by atoms with Gasteiger partial charge in [-0.25, -0.2) is 4.98 Å². The second kappa shape index (κ2) is 7.29. The summed E-state index contributed by atoms with van der Waals surface area (Å²) >= 11 is 0. The summed E-state index contributed by atoms with van der Waals surface area (Å²) in [7, 11) is 1.77. The summed E-state index contributed by atoms with van der Waals surface area (Å²) in [5, 5.41) is 4.06. The summed E-state index contributed by atoms with van der Waals surface area (Å²) < 4.78 is 7.36. The molecule has 0 aliphatic heterocycles. The van der Waals surface area contributed by atoms with Crippen molar-refractivity contribution in [3.63, 3.8) is 0 Å². The molecule has 0 unspecified atom stereocenters. The number of aryl methyl sites for hydroxylation is 1. The molecule has 3 aromatic heterocycles. The second-order valence-corrected chi connectivity index (χ2v) is 6.10. The fourth-order valence-electron chi connectivity index (χ4n) is 2.73. The predicted molar refractivity (Wildman–Crippen MR) is 92.5 cm³/mol. The fourth-order valence-corrected chi connectivity index (χ4v) is 2.73. The molecule has 0 saturated carbocycles. The Morgan fingerprint density at radius 3 is 2.76 bits per heavy atom. The van der Waals surface area contributed by atoms with Crippen molar-refractivity contribution < 1.29 is 9.32 Å². The molecule has 0 saturated heterocycles. The highest BCUT2D eigenvalue weighted by atomic mass is 16.5. The maximum absolute atomic E-state index is 12.5. The Morgan fingerprint density at radius 1 is 1.32 bits per heavy atom. The third-order valence-corrected chi connectivity index (χ3v) is 4.16. The summed E-state index contributed by atoms with van der Waals surface area (Å²) in [4.78, 5) is 22.3. The number of pyridine rings is 1. The molecule has 7 nitrogen and oxygen atoms in total. The molecule has 1 amide bonds. The first kappa shape index (κ1) is 16.9. The van der Waals surface area contributed by atoms with Gasteiger partial charge in [-0.1, -0.05) is 5.16 Å². The van der Waals surface area contributed by atoms with Crippen LogP contribution in [-0.4, -0.2) is 37.5 Å². The monoisotopic (exact) mass is 339 g/mol. The molecule has 130 valence electrons. The molecule has 0 aliphatic carbocycles. The number of nitrogens with zero attached hydrogens (tertiary/aromatic N) is 5. The highest BCUT2D eigenvalue weighted by Gasteiger charge is 2.17. The molecule has 3 heterocycles. The quantitative estimate of drug-likeness (QED) is 0.690. The van der Waals surface area contributed by atoms with E-state index in [9.17, 15) is 4.79 Å². The number of imidazole rings is 1. The number of hydrogen-bond donors (Lipinski definition) is 0. The number of hydrogen-bond acceptors (Lipinski definition) is 5. The number of rotatable bonds is 6. The van der Waals surface area contributed by atoms with E-state index >= 15 is 0 Å². The Labute approximate surface area is 146 Å². The number of carbonyl (C=O) groups is 1. The predicted octanol–water partition coefficient (Wildman–Crippen LogP) is 2.85. The molecule has 0 N–H and O–H groups in total. The van der Waals surface area contributed by atoms with Crippen LogP contribution in [-0.2, 0) is 11.3 Å². The van der Waals surface area contributed by atoms with Gasteiger partial charge in [-0.3, -0.25) is 9.78 Å². The summed E-state index contributed by atoms with van der Waals surface area (Å²) in [5.74, 6) is 1.59. The maximum atomic E-state index is 12.5. The average molecular weight is 339 g/mol. The van der Waals surface area contributed by atoms with Crippen LogP contribution in [0.2, 0.25) is 0 Å². The molecule has 1 atom stereocenters. The van der Waals surface area contributed by atoms with E-state index in [2.05, 4.69) is 15.1 Å². The van der Waals surface area contributed by atoms with Gasteiger partial charge in [-0.05, 0) is 26.0 Å². The largest absolute Gasteiger partial charge is 0.359 e. The number of amides is 1. The lowest BCUT2D eigenvalue weighted by molar-refractivity contribution is -0.131. The van der Waals surface area contributed by atoms with Gasteiger partial charge in [0.25, 0.3) is 0 Å². The van der Waals surface area contributed by atoms with Gasteiger partial charge in [-0.2, -0.15) is 0 Å². The molecule has 7 heteroatoms. The highest BCUT2D eigenvalue weighted by molar-refractivity contribution is 5.76. The lowest BCUT2D eigenvalue weighted by Gasteiger charge is -2.20. The Balaban J connectivity index is 1.60. The van der Waals surface area contributed by atoms with Gasteiger partial charge in [0.1, 0.15) is 11.5 Å². The smallest absolute Gasteiger partial charge is 0.224 e. The molecule has 0 aromatic carbocycles. The Bertz CT molecular complexity index is 840. The van der Waals surface area contributed by atoms with Gasteiger partial charge < -0.3 is 14.0 Å². The average Bonchev–Trinajstić information content (AvgIpc) is 3.24. The van der Waals surface area contributed by atoms with E-state index in [1.807, 2.05) is 42.8 Å². The van der Waals surface area contributed by atoms with Gasteiger partial charge in [-0.15, -0.1) is 0 Å². The highest BCUT2D eigenvalue weighted by Crippen LogP contribution is 2.19. The van der Waals surface area contributed by atoms with Crippen molar-refractivity contribution in [1.29, 1.82) is 0 Å². The molecule has 0 spiro atoms. The zero-order chi connectivity index (χ0) is 17.8. The molecule has 0 fully saturated rings. The SMILES string of the molecule is Cc1nccn1[C@@H](C)CC(=O)N(C)Cc1cc(-c2ccncc2)no1. The summed E-state index contributed by atoms with van der Waals surface area (Å²) in [6.07, 6.45) is 7.45. The first-order valence-electron chi connectivity index (χ1n) is 8.14. The van der Waals surface area contributed by atoms with Crippen molar-refractivity contribution in [2.45, 2.75) is 32.9 Å². The van der Waals surface area contributed by atoms with Gasteiger partial charge in [0.15, 0.2) is 5.76 Å². The molecular formula is C18H21N5O2. The van der Waals surface area contributed by atoms with Gasteiger partial charge in [0, 0.05) is 55.9 Å². The maximum Gasteiger partial charge on any atom is 0.224 e. The first-order valence-corrected chi connectivity index (χ1v) is 8.14. The Morgan fingerprint density at radius 2 is 2.08 bits per heavy atom. The lowest BCUT2D eigenvalue weighted by atomic mass is 10.2. The first-order chi connectivity index (χ1) is 12.0. The van der Waals surface area contributed by atoms with Crippen molar-refractivity contribution in [2.24, 2.45) is 0 Å². The van der Waals surface area contributed by atoms with E-state index in [-0.39, 0.29) is 11.9 Å². The van der Waals surface area contributed by atoms with Crippen LogP contribution < -0.4 is 0 Å². The van der Waals surface area contributed by atoms with Crippen molar-refractivity contribution in [1.82, 2.24) is 24.6 Å². The van der Waals surface area contributed by atoms with Crippen molar-refractivity contribution in [3.8, 4) is 11.3 Å². The molecule has 25 heavy (non-hydrogen) atoms.